The lowest BCUT2D eigenvalue weighted by atomic mass is 10.0. The second-order valence-corrected chi connectivity index (χ2v) is 4.49. The van der Waals surface area contributed by atoms with Crippen molar-refractivity contribution in [2.45, 2.75) is 18.9 Å². The molecule has 21 heavy (non-hydrogen) atoms. The first-order chi connectivity index (χ1) is 10.1. The van der Waals surface area contributed by atoms with Crippen LogP contribution >= 0.6 is 0 Å². The third-order valence-corrected chi connectivity index (χ3v) is 3.35. The summed E-state index contributed by atoms with van der Waals surface area (Å²) in [6.45, 7) is 0. The Morgan fingerprint density at radius 3 is 2.05 bits per heavy atom. The highest BCUT2D eigenvalue weighted by Crippen LogP contribution is 2.26. The Morgan fingerprint density at radius 2 is 1.57 bits per heavy atom. The average molecular weight is 290 g/mol. The van der Waals surface area contributed by atoms with Crippen molar-refractivity contribution in [2.75, 3.05) is 7.05 Å². The molecule has 1 fully saturated rings. The maximum absolute atomic E-state index is 12.2. The maximum atomic E-state index is 12.2. The molecule has 1 atom stereocenters. The fourth-order valence-corrected chi connectivity index (χ4v) is 2.42. The summed E-state index contributed by atoms with van der Waals surface area (Å²) in [5, 5.41) is 2.15. The first-order valence-electron chi connectivity index (χ1n) is 6.61. The van der Waals surface area contributed by atoms with E-state index in [-0.39, 0.29) is 18.7 Å². The van der Waals surface area contributed by atoms with Gasteiger partial charge in [0, 0.05) is 6.42 Å². The highest BCUT2D eigenvalue weighted by atomic mass is 16.2. The Labute approximate surface area is 121 Å². The SMILES string of the molecule is C[NH3+].O=C1CCC(N2C(=O)c3ccccc3C2=O)C(=O)N1. The second kappa shape index (κ2) is 5.84. The van der Waals surface area contributed by atoms with E-state index in [0.717, 1.165) is 4.90 Å². The number of quaternary nitrogens is 1. The molecule has 7 heteroatoms. The molecule has 1 saturated heterocycles. The minimum atomic E-state index is -0.898. The second-order valence-electron chi connectivity index (χ2n) is 4.49. The van der Waals surface area contributed by atoms with Crippen LogP contribution in [0.5, 0.6) is 0 Å². The highest BCUT2D eigenvalue weighted by Gasteiger charge is 2.44. The molecule has 1 aromatic carbocycles. The number of benzene rings is 1. The van der Waals surface area contributed by atoms with Gasteiger partial charge in [0.15, 0.2) is 0 Å². The molecule has 0 saturated carbocycles. The molecule has 0 aliphatic carbocycles. The van der Waals surface area contributed by atoms with Gasteiger partial charge in [-0.2, -0.15) is 0 Å². The molecule has 2 heterocycles. The number of carbonyl (C=O) groups is 4. The van der Waals surface area contributed by atoms with E-state index in [0.29, 0.717) is 11.1 Å². The van der Waals surface area contributed by atoms with Crippen LogP contribution in [0.4, 0.5) is 0 Å². The van der Waals surface area contributed by atoms with Gasteiger partial charge in [-0.05, 0) is 18.6 Å². The van der Waals surface area contributed by atoms with E-state index < -0.39 is 23.8 Å². The quantitative estimate of drug-likeness (QED) is 0.642. The normalized spacial score (nSPS) is 20.7. The minimum Gasteiger partial charge on any atom is -0.360 e. The molecular formula is C14H16N3O4+. The van der Waals surface area contributed by atoms with E-state index in [1.54, 1.807) is 31.3 Å². The van der Waals surface area contributed by atoms with Crippen molar-refractivity contribution in [3.63, 3.8) is 0 Å². The van der Waals surface area contributed by atoms with Crippen molar-refractivity contribution < 1.29 is 24.9 Å². The van der Waals surface area contributed by atoms with Crippen LogP contribution in [0.1, 0.15) is 33.6 Å². The molecule has 2 aliphatic heterocycles. The topological polar surface area (TPSA) is 111 Å². The molecule has 2 aliphatic rings. The van der Waals surface area contributed by atoms with Crippen molar-refractivity contribution >= 4 is 23.6 Å². The molecule has 4 N–H and O–H groups in total. The molecule has 110 valence electrons. The minimum absolute atomic E-state index is 0.129. The van der Waals surface area contributed by atoms with E-state index in [1.165, 1.54) is 0 Å². The Balaban J connectivity index is 0.000000774. The Kier molecular flexibility index (Phi) is 4.13. The summed E-state index contributed by atoms with van der Waals surface area (Å²) in [4.78, 5) is 48.1. The molecule has 4 amide bonds. The molecule has 7 nitrogen and oxygen atoms in total. The van der Waals surface area contributed by atoms with E-state index in [4.69, 9.17) is 0 Å². The van der Waals surface area contributed by atoms with E-state index in [9.17, 15) is 19.2 Å². The summed E-state index contributed by atoms with van der Waals surface area (Å²) in [5.74, 6) is -1.92. The van der Waals surface area contributed by atoms with Crippen LogP contribution in [0.25, 0.3) is 0 Å². The molecule has 1 aromatic rings. The van der Waals surface area contributed by atoms with Crippen molar-refractivity contribution in [3.05, 3.63) is 35.4 Å². The number of nitrogens with zero attached hydrogens (tertiary/aromatic N) is 1. The van der Waals surface area contributed by atoms with Gasteiger partial charge in [0.2, 0.25) is 11.8 Å². The number of rotatable bonds is 1. The van der Waals surface area contributed by atoms with Gasteiger partial charge < -0.3 is 5.73 Å². The molecule has 0 aromatic heterocycles. The number of nitrogens with one attached hydrogen (secondary N) is 1. The number of fused-ring (bicyclic) bond motifs is 1. The van der Waals surface area contributed by atoms with Gasteiger partial charge in [-0.3, -0.25) is 29.4 Å². The van der Waals surface area contributed by atoms with Gasteiger partial charge in [0.1, 0.15) is 6.04 Å². The first kappa shape index (κ1) is 14.9. The van der Waals surface area contributed by atoms with Gasteiger partial charge in [0.25, 0.3) is 11.8 Å². The first-order valence-corrected chi connectivity index (χ1v) is 6.61. The lowest BCUT2D eigenvalue weighted by molar-refractivity contribution is -0.325. The summed E-state index contributed by atoms with van der Waals surface area (Å²) in [6.07, 6.45) is 0.306. The molecule has 1 unspecified atom stereocenters. The number of hydrogen-bond donors (Lipinski definition) is 2. The van der Waals surface area contributed by atoms with Crippen LogP contribution in [-0.2, 0) is 9.59 Å². The molecule has 0 radical (unpaired) electrons. The van der Waals surface area contributed by atoms with Gasteiger partial charge >= 0.3 is 0 Å². The van der Waals surface area contributed by atoms with Crippen molar-refractivity contribution in [1.29, 1.82) is 0 Å². The Bertz CT molecular complexity index is 591. The fraction of sp³-hybridized carbons (Fsp3) is 0.286. The van der Waals surface area contributed by atoms with Crippen LogP contribution in [-0.4, -0.2) is 41.6 Å². The summed E-state index contributed by atoms with van der Waals surface area (Å²) in [5.41, 5.74) is 3.86. The number of carbonyl (C=O) groups excluding carboxylic acids is 4. The zero-order valence-corrected chi connectivity index (χ0v) is 11.6. The smallest absolute Gasteiger partial charge is 0.262 e. The standard InChI is InChI=1S/C13H10N2O4.CH5N/c16-10-6-5-9(11(17)14-10)15-12(18)7-3-1-2-4-8(7)13(15)19;1-2/h1-4,9H,5-6H2,(H,14,16,17);2H2,1H3/p+1. The molecule has 3 rings (SSSR count). The average Bonchev–Trinajstić information content (AvgIpc) is 2.75. The number of amides is 4. The van der Waals surface area contributed by atoms with Crippen LogP contribution in [0, 0.1) is 0 Å². The molecular weight excluding hydrogens is 274 g/mol. The number of piperidine rings is 1. The monoisotopic (exact) mass is 290 g/mol. The predicted octanol–water partition coefficient (Wildman–Crippen LogP) is -1.05. The zero-order chi connectivity index (χ0) is 15.6. The summed E-state index contributed by atoms with van der Waals surface area (Å²) in [7, 11) is 1.75. The van der Waals surface area contributed by atoms with Crippen LogP contribution in [0.2, 0.25) is 0 Å². The van der Waals surface area contributed by atoms with Gasteiger partial charge in [0.05, 0.1) is 18.2 Å². The van der Waals surface area contributed by atoms with Crippen molar-refractivity contribution in [1.82, 2.24) is 10.2 Å². The largest absolute Gasteiger partial charge is 0.360 e. The summed E-state index contributed by atoms with van der Waals surface area (Å²) in [6, 6.07) is 5.55. The van der Waals surface area contributed by atoms with E-state index in [1.807, 2.05) is 0 Å². The lowest BCUT2D eigenvalue weighted by Gasteiger charge is -2.27. The van der Waals surface area contributed by atoms with Gasteiger partial charge in [-0.25, -0.2) is 0 Å². The van der Waals surface area contributed by atoms with Crippen molar-refractivity contribution in [3.8, 4) is 0 Å². The van der Waals surface area contributed by atoms with Gasteiger partial charge in [-0.15, -0.1) is 0 Å². The van der Waals surface area contributed by atoms with Crippen LogP contribution in [0.3, 0.4) is 0 Å². The highest BCUT2D eigenvalue weighted by molar-refractivity contribution is 6.23. The Hall–Kier alpha value is -2.54. The lowest BCUT2D eigenvalue weighted by Crippen LogP contribution is -2.54. The third-order valence-electron chi connectivity index (χ3n) is 3.35. The zero-order valence-electron chi connectivity index (χ0n) is 11.6. The van der Waals surface area contributed by atoms with Crippen LogP contribution < -0.4 is 11.1 Å². The third kappa shape index (κ3) is 2.43. The predicted molar refractivity (Wildman–Crippen MR) is 71.9 cm³/mol. The molecule has 0 spiro atoms. The fourth-order valence-electron chi connectivity index (χ4n) is 2.42. The van der Waals surface area contributed by atoms with Crippen LogP contribution in [0.15, 0.2) is 24.3 Å². The summed E-state index contributed by atoms with van der Waals surface area (Å²) < 4.78 is 0. The Morgan fingerprint density at radius 1 is 1.05 bits per heavy atom. The maximum Gasteiger partial charge on any atom is 0.262 e. The van der Waals surface area contributed by atoms with Crippen molar-refractivity contribution in [2.24, 2.45) is 0 Å². The summed E-state index contributed by atoms with van der Waals surface area (Å²) >= 11 is 0. The number of imide groups is 2. The number of hydrogen-bond acceptors (Lipinski definition) is 4. The van der Waals surface area contributed by atoms with E-state index >= 15 is 0 Å². The van der Waals surface area contributed by atoms with Gasteiger partial charge in [-0.1, -0.05) is 12.1 Å². The van der Waals surface area contributed by atoms with E-state index in [2.05, 4.69) is 11.1 Å². The molecule has 0 bridgehead atoms.